The van der Waals surface area contributed by atoms with E-state index >= 15 is 0 Å². The highest BCUT2D eigenvalue weighted by Gasteiger charge is 2.33. The first-order valence-corrected chi connectivity index (χ1v) is 10.2. The summed E-state index contributed by atoms with van der Waals surface area (Å²) in [6.45, 7) is 11.6. The van der Waals surface area contributed by atoms with E-state index in [1.807, 2.05) is 12.1 Å². The van der Waals surface area contributed by atoms with E-state index in [1.165, 1.54) is 0 Å². The number of hydrogen-bond acceptors (Lipinski definition) is 6. The molecule has 1 atom stereocenters. The van der Waals surface area contributed by atoms with Crippen LogP contribution in [0.2, 0.25) is 0 Å². The van der Waals surface area contributed by atoms with Crippen LogP contribution in [0.25, 0.3) is 11.5 Å². The van der Waals surface area contributed by atoms with Crippen molar-refractivity contribution in [3.05, 3.63) is 30.2 Å². The Morgan fingerprint density at radius 1 is 1.07 bits per heavy atom. The van der Waals surface area contributed by atoms with Crippen molar-refractivity contribution >= 4 is 11.6 Å². The van der Waals surface area contributed by atoms with Crippen LogP contribution < -0.4 is 4.90 Å². The summed E-state index contributed by atoms with van der Waals surface area (Å²) < 4.78 is 5.48. The average molecular weight is 383 g/mol. The number of hydrogen-bond donors (Lipinski definition) is 0. The molecular weight excluding hydrogens is 354 g/mol. The number of aromatic nitrogens is 2. The zero-order chi connectivity index (χ0) is 19.7. The van der Waals surface area contributed by atoms with Crippen molar-refractivity contribution in [3.63, 3.8) is 0 Å². The summed E-state index contributed by atoms with van der Waals surface area (Å²) >= 11 is 0. The van der Waals surface area contributed by atoms with E-state index in [0.717, 1.165) is 56.9 Å². The molecule has 4 rings (SSSR count). The van der Waals surface area contributed by atoms with Crippen LogP contribution in [0.3, 0.4) is 0 Å². The molecule has 0 spiro atoms. The van der Waals surface area contributed by atoms with Crippen LogP contribution in [0.15, 0.2) is 28.7 Å². The minimum absolute atomic E-state index is 0.101. The Bertz CT molecular complexity index is 808. The van der Waals surface area contributed by atoms with Crippen LogP contribution in [0.4, 0.5) is 5.69 Å². The maximum Gasteiger partial charge on any atom is 0.247 e. The van der Waals surface area contributed by atoms with Crippen LogP contribution in [0.5, 0.6) is 0 Å². The van der Waals surface area contributed by atoms with Crippen LogP contribution in [0, 0.1) is 12.8 Å². The van der Waals surface area contributed by atoms with Crippen LogP contribution in [-0.2, 0) is 4.79 Å². The third-order valence-corrected chi connectivity index (χ3v) is 5.90. The van der Waals surface area contributed by atoms with Crippen molar-refractivity contribution in [2.45, 2.75) is 33.2 Å². The Kier molecular flexibility index (Phi) is 5.35. The van der Waals surface area contributed by atoms with Gasteiger partial charge in [0.2, 0.25) is 17.7 Å². The molecule has 0 N–H and O–H groups in total. The molecule has 3 heterocycles. The van der Waals surface area contributed by atoms with Crippen molar-refractivity contribution in [2.24, 2.45) is 5.92 Å². The minimum atomic E-state index is 0.101. The fourth-order valence-electron chi connectivity index (χ4n) is 4.14. The van der Waals surface area contributed by atoms with Gasteiger partial charge in [-0.25, -0.2) is 0 Å². The standard InChI is InChI=1S/C21H29N5O2/c1-15(2)24-10-12-25(13-11-24)21(27)18-8-9-26(14-18)19-6-4-17(5-7-19)20-23-22-16(3)28-20/h4-7,15,18H,8-14H2,1-3H3/t18-/m0/s1. The normalized spacial score (nSPS) is 20.9. The molecule has 0 radical (unpaired) electrons. The van der Waals surface area contributed by atoms with E-state index in [9.17, 15) is 4.79 Å². The Hall–Kier alpha value is -2.41. The second-order valence-corrected chi connectivity index (χ2v) is 8.06. The van der Waals surface area contributed by atoms with Crippen molar-refractivity contribution in [2.75, 3.05) is 44.2 Å². The molecule has 2 aliphatic rings. The molecule has 7 nitrogen and oxygen atoms in total. The number of benzene rings is 1. The summed E-state index contributed by atoms with van der Waals surface area (Å²) in [6, 6.07) is 8.70. The van der Waals surface area contributed by atoms with Gasteiger partial charge in [-0.2, -0.15) is 0 Å². The third-order valence-electron chi connectivity index (χ3n) is 5.90. The maximum absolute atomic E-state index is 12.9. The molecule has 1 aromatic heterocycles. The topological polar surface area (TPSA) is 65.7 Å². The molecular formula is C21H29N5O2. The van der Waals surface area contributed by atoms with E-state index in [2.05, 4.69) is 50.9 Å². The van der Waals surface area contributed by atoms with E-state index in [0.29, 0.717) is 23.7 Å². The molecule has 1 amide bonds. The van der Waals surface area contributed by atoms with Gasteiger partial charge in [0.15, 0.2) is 0 Å². The van der Waals surface area contributed by atoms with Crippen LogP contribution >= 0.6 is 0 Å². The van der Waals surface area contributed by atoms with E-state index < -0.39 is 0 Å². The fourth-order valence-corrected chi connectivity index (χ4v) is 4.14. The van der Waals surface area contributed by atoms with Crippen LogP contribution in [0.1, 0.15) is 26.2 Å². The smallest absolute Gasteiger partial charge is 0.247 e. The van der Waals surface area contributed by atoms with Crippen molar-refractivity contribution < 1.29 is 9.21 Å². The zero-order valence-electron chi connectivity index (χ0n) is 17.0. The van der Waals surface area contributed by atoms with E-state index in [1.54, 1.807) is 6.92 Å². The molecule has 0 aliphatic carbocycles. The van der Waals surface area contributed by atoms with E-state index in [4.69, 9.17) is 4.42 Å². The number of carbonyl (C=O) groups is 1. The Morgan fingerprint density at radius 2 is 1.79 bits per heavy atom. The van der Waals surface area contributed by atoms with Gasteiger partial charge in [0.1, 0.15) is 0 Å². The first-order valence-electron chi connectivity index (χ1n) is 10.2. The summed E-state index contributed by atoms with van der Waals surface area (Å²) in [4.78, 5) is 19.8. The van der Waals surface area contributed by atoms with Crippen LogP contribution in [-0.4, -0.2) is 71.2 Å². The van der Waals surface area contributed by atoms with Gasteiger partial charge in [0.05, 0.1) is 5.92 Å². The molecule has 2 saturated heterocycles. The average Bonchev–Trinajstić information content (AvgIpc) is 3.37. The molecule has 2 aromatic rings. The predicted molar refractivity (Wildman–Crippen MR) is 108 cm³/mol. The highest BCUT2D eigenvalue weighted by Crippen LogP contribution is 2.28. The molecule has 7 heteroatoms. The molecule has 0 saturated carbocycles. The van der Waals surface area contributed by atoms with Crippen molar-refractivity contribution in [1.82, 2.24) is 20.0 Å². The molecule has 2 fully saturated rings. The molecule has 28 heavy (non-hydrogen) atoms. The Balaban J connectivity index is 1.34. The van der Waals surface area contributed by atoms with Gasteiger partial charge in [-0.3, -0.25) is 9.69 Å². The molecule has 0 unspecified atom stereocenters. The van der Waals surface area contributed by atoms with Gasteiger partial charge in [0, 0.05) is 63.5 Å². The number of aryl methyl sites for hydroxylation is 1. The van der Waals surface area contributed by atoms with Gasteiger partial charge in [-0.1, -0.05) is 0 Å². The number of nitrogens with zero attached hydrogens (tertiary/aromatic N) is 5. The van der Waals surface area contributed by atoms with Gasteiger partial charge < -0.3 is 14.2 Å². The highest BCUT2D eigenvalue weighted by atomic mass is 16.4. The lowest BCUT2D eigenvalue weighted by Crippen LogP contribution is -2.52. The lowest BCUT2D eigenvalue weighted by Gasteiger charge is -2.37. The summed E-state index contributed by atoms with van der Waals surface area (Å²) in [5.41, 5.74) is 2.05. The quantitative estimate of drug-likeness (QED) is 0.808. The number of rotatable bonds is 4. The highest BCUT2D eigenvalue weighted by molar-refractivity contribution is 5.80. The number of carbonyl (C=O) groups excluding carboxylic acids is 1. The monoisotopic (exact) mass is 383 g/mol. The van der Waals surface area contributed by atoms with Crippen molar-refractivity contribution in [3.8, 4) is 11.5 Å². The first-order chi connectivity index (χ1) is 13.5. The number of anilines is 1. The zero-order valence-corrected chi connectivity index (χ0v) is 17.0. The van der Waals surface area contributed by atoms with Crippen molar-refractivity contribution in [1.29, 1.82) is 0 Å². The van der Waals surface area contributed by atoms with E-state index in [-0.39, 0.29) is 5.92 Å². The first kappa shape index (κ1) is 18.9. The lowest BCUT2D eigenvalue weighted by molar-refractivity contribution is -0.136. The summed E-state index contributed by atoms with van der Waals surface area (Å²) in [5, 5.41) is 7.94. The van der Waals surface area contributed by atoms with Gasteiger partial charge >= 0.3 is 0 Å². The molecule has 0 bridgehead atoms. The predicted octanol–water partition coefficient (Wildman–Crippen LogP) is 2.42. The summed E-state index contributed by atoms with van der Waals surface area (Å²) in [6.07, 6.45) is 0.924. The number of piperazine rings is 1. The largest absolute Gasteiger partial charge is 0.421 e. The third kappa shape index (κ3) is 3.90. The van der Waals surface area contributed by atoms with Gasteiger partial charge in [0.25, 0.3) is 0 Å². The van der Waals surface area contributed by atoms with Gasteiger partial charge in [-0.15, -0.1) is 10.2 Å². The molecule has 2 aliphatic heterocycles. The SMILES string of the molecule is Cc1nnc(-c2ccc(N3CC[C@H](C(=O)N4CCN(C(C)C)CC4)C3)cc2)o1. The summed E-state index contributed by atoms with van der Waals surface area (Å²) in [7, 11) is 0. The lowest BCUT2D eigenvalue weighted by atomic mass is 10.1. The fraction of sp³-hybridized carbons (Fsp3) is 0.571. The Labute approximate surface area is 166 Å². The summed E-state index contributed by atoms with van der Waals surface area (Å²) in [5.74, 6) is 1.53. The Morgan fingerprint density at radius 3 is 2.39 bits per heavy atom. The second-order valence-electron chi connectivity index (χ2n) is 8.06. The molecule has 1 aromatic carbocycles. The van der Waals surface area contributed by atoms with Gasteiger partial charge in [-0.05, 0) is 44.5 Å². The maximum atomic E-state index is 12.9. The second kappa shape index (κ2) is 7.91. The molecule has 150 valence electrons. The minimum Gasteiger partial charge on any atom is -0.421 e. The number of amides is 1.